The monoisotopic (exact) mass is 415 g/mol. The maximum Gasteiger partial charge on any atom is 0.416 e. The molecule has 1 amide bonds. The average molecular weight is 416 g/mol. The zero-order chi connectivity index (χ0) is 20.7. The van der Waals surface area contributed by atoms with Gasteiger partial charge in [-0.3, -0.25) is 4.79 Å². The van der Waals surface area contributed by atoms with E-state index < -0.39 is 11.7 Å². The zero-order valence-corrected chi connectivity index (χ0v) is 16.6. The minimum absolute atomic E-state index is 0. The molecule has 0 aliphatic carbocycles. The lowest BCUT2D eigenvalue weighted by atomic mass is 10.0. The number of carbonyl (C=O) groups is 1. The van der Waals surface area contributed by atoms with Gasteiger partial charge in [0.2, 0.25) is 5.91 Å². The maximum atomic E-state index is 12.7. The number of piperidine rings is 1. The molecule has 2 rings (SSSR count). The van der Waals surface area contributed by atoms with E-state index in [1.807, 2.05) is 4.90 Å². The molecule has 1 aliphatic rings. The summed E-state index contributed by atoms with van der Waals surface area (Å²) in [6, 6.07) is 4.83. The molecule has 1 saturated heterocycles. The van der Waals surface area contributed by atoms with Crippen molar-refractivity contribution in [3.63, 3.8) is 0 Å². The molecule has 1 N–H and O–H groups in total. The number of alkyl halides is 3. The first-order chi connectivity index (χ1) is 13.2. The van der Waals surface area contributed by atoms with Crippen LogP contribution in [0.3, 0.4) is 0 Å². The quantitative estimate of drug-likeness (QED) is 0.669. The van der Waals surface area contributed by atoms with Crippen LogP contribution in [0, 0.1) is 5.92 Å². The molecule has 0 unspecified atom stereocenters. The summed E-state index contributed by atoms with van der Waals surface area (Å²) >= 11 is 0. The molecule has 1 fully saturated rings. The highest BCUT2D eigenvalue weighted by atomic mass is 19.4. The van der Waals surface area contributed by atoms with E-state index in [1.54, 1.807) is 13.1 Å². The third-order valence-electron chi connectivity index (χ3n) is 4.69. The number of hydrogen-bond acceptors (Lipinski definition) is 4. The molecule has 164 valence electrons. The normalized spacial score (nSPS) is 15.7. The molecule has 1 atom stereocenters. The largest absolute Gasteiger partial charge is 0.416 e. The van der Waals surface area contributed by atoms with Gasteiger partial charge in [-0.05, 0) is 37.1 Å². The number of benzene rings is 1. The van der Waals surface area contributed by atoms with Gasteiger partial charge in [0.15, 0.2) is 0 Å². The van der Waals surface area contributed by atoms with Crippen molar-refractivity contribution >= 4 is 11.6 Å². The van der Waals surface area contributed by atoms with E-state index in [4.69, 9.17) is 4.84 Å². The van der Waals surface area contributed by atoms with Crippen molar-refractivity contribution in [1.82, 2.24) is 10.2 Å². The van der Waals surface area contributed by atoms with Crippen LogP contribution in [0.4, 0.5) is 13.2 Å². The van der Waals surface area contributed by atoms with Crippen LogP contribution in [-0.2, 0) is 22.4 Å². The molecule has 1 aliphatic heterocycles. The standard InChI is InChI=1S/C20H28F3N3O2.CH4/c1-14(2)11-18(24-3)19(27)26-9-7-17(8-10-26)25-28-13-15-5-4-6-16(12-15)20(21,22)23;/h4-6,12,14,18,24H,7-11,13H2,1-3H3;1H4/t18-;/m0./s1. The number of likely N-dealkylation sites (N-methyl/N-ethyl adjacent to an activating group) is 1. The minimum atomic E-state index is -4.37. The van der Waals surface area contributed by atoms with E-state index in [0.29, 0.717) is 37.4 Å². The van der Waals surface area contributed by atoms with E-state index in [0.717, 1.165) is 24.3 Å². The van der Waals surface area contributed by atoms with E-state index in [2.05, 4.69) is 24.3 Å². The summed E-state index contributed by atoms with van der Waals surface area (Å²) in [5, 5.41) is 7.14. The smallest absolute Gasteiger partial charge is 0.391 e. The Morgan fingerprint density at radius 3 is 2.48 bits per heavy atom. The van der Waals surface area contributed by atoms with Gasteiger partial charge in [0, 0.05) is 25.9 Å². The second kappa shape index (κ2) is 11.2. The Hall–Kier alpha value is -2.09. The van der Waals surface area contributed by atoms with E-state index in [9.17, 15) is 18.0 Å². The number of likely N-dealkylation sites (tertiary alicyclic amines) is 1. The first-order valence-corrected chi connectivity index (χ1v) is 9.50. The Bertz CT molecular complexity index is 680. The molecular weight excluding hydrogens is 383 g/mol. The molecular formula is C21H32F3N3O2. The second-order valence-electron chi connectivity index (χ2n) is 7.43. The number of carbonyl (C=O) groups excluding carboxylic acids is 1. The fourth-order valence-electron chi connectivity index (χ4n) is 3.15. The lowest BCUT2D eigenvalue weighted by Crippen LogP contribution is -2.48. The van der Waals surface area contributed by atoms with Crippen molar-refractivity contribution in [2.24, 2.45) is 11.1 Å². The van der Waals surface area contributed by atoms with Crippen LogP contribution >= 0.6 is 0 Å². The highest BCUT2D eigenvalue weighted by molar-refractivity contribution is 5.88. The summed E-state index contributed by atoms with van der Waals surface area (Å²) in [6.07, 6.45) is -2.38. The first-order valence-electron chi connectivity index (χ1n) is 9.50. The van der Waals surface area contributed by atoms with Gasteiger partial charge in [-0.2, -0.15) is 13.2 Å². The van der Waals surface area contributed by atoms with E-state index in [-0.39, 0.29) is 26.0 Å². The first kappa shape index (κ1) is 24.9. The predicted molar refractivity (Wildman–Crippen MR) is 109 cm³/mol. The van der Waals surface area contributed by atoms with Crippen LogP contribution in [0.1, 0.15) is 51.7 Å². The molecule has 1 aromatic carbocycles. The summed E-state index contributed by atoms with van der Waals surface area (Å²) in [5.41, 5.74) is 0.534. The summed E-state index contributed by atoms with van der Waals surface area (Å²) in [6.45, 7) is 5.29. The molecule has 0 saturated carbocycles. The molecule has 1 heterocycles. The number of halogens is 3. The fourth-order valence-corrected chi connectivity index (χ4v) is 3.15. The van der Waals surface area contributed by atoms with Crippen molar-refractivity contribution in [1.29, 1.82) is 0 Å². The summed E-state index contributed by atoms with van der Waals surface area (Å²) in [7, 11) is 1.80. The lowest BCUT2D eigenvalue weighted by molar-refractivity contribution is -0.137. The fraction of sp³-hybridized carbons (Fsp3) is 0.619. The number of oxime groups is 1. The Morgan fingerprint density at radius 2 is 1.93 bits per heavy atom. The second-order valence-corrected chi connectivity index (χ2v) is 7.43. The summed E-state index contributed by atoms with van der Waals surface area (Å²) in [4.78, 5) is 19.7. The molecule has 0 spiro atoms. The topological polar surface area (TPSA) is 53.9 Å². The Kier molecular flexibility index (Phi) is 9.62. The zero-order valence-electron chi connectivity index (χ0n) is 16.6. The molecule has 5 nitrogen and oxygen atoms in total. The van der Waals surface area contributed by atoms with Gasteiger partial charge in [-0.15, -0.1) is 0 Å². The Labute approximate surface area is 171 Å². The van der Waals surface area contributed by atoms with Gasteiger partial charge in [-0.1, -0.05) is 38.6 Å². The SMILES string of the molecule is C.CN[C@@H](CC(C)C)C(=O)N1CCC(=NOCc2cccc(C(F)(F)F)c2)CC1. The van der Waals surface area contributed by atoms with Gasteiger partial charge in [0.05, 0.1) is 17.3 Å². The van der Waals surface area contributed by atoms with E-state index >= 15 is 0 Å². The van der Waals surface area contributed by atoms with Crippen molar-refractivity contribution in [2.45, 2.75) is 59.4 Å². The number of amides is 1. The van der Waals surface area contributed by atoms with Crippen molar-refractivity contribution in [2.75, 3.05) is 20.1 Å². The number of rotatable bonds is 7. The van der Waals surface area contributed by atoms with Crippen molar-refractivity contribution in [3.8, 4) is 0 Å². The molecule has 0 radical (unpaired) electrons. The van der Waals surface area contributed by atoms with Crippen LogP contribution in [0.25, 0.3) is 0 Å². The molecule has 0 bridgehead atoms. The third kappa shape index (κ3) is 7.68. The minimum Gasteiger partial charge on any atom is -0.391 e. The molecule has 8 heteroatoms. The van der Waals surface area contributed by atoms with Gasteiger partial charge >= 0.3 is 6.18 Å². The Morgan fingerprint density at radius 1 is 1.28 bits per heavy atom. The lowest BCUT2D eigenvalue weighted by Gasteiger charge is -2.31. The third-order valence-corrected chi connectivity index (χ3v) is 4.69. The predicted octanol–water partition coefficient (Wildman–Crippen LogP) is 4.47. The van der Waals surface area contributed by atoms with Gasteiger partial charge in [0.25, 0.3) is 0 Å². The highest BCUT2D eigenvalue weighted by Gasteiger charge is 2.30. The van der Waals surface area contributed by atoms with Crippen LogP contribution in [0.15, 0.2) is 29.4 Å². The summed E-state index contributed by atoms with van der Waals surface area (Å²) < 4.78 is 38.2. The van der Waals surface area contributed by atoms with Crippen LogP contribution in [0.2, 0.25) is 0 Å². The Balaban J connectivity index is 0.00000420. The van der Waals surface area contributed by atoms with Gasteiger partial charge < -0.3 is 15.1 Å². The van der Waals surface area contributed by atoms with Crippen molar-refractivity contribution < 1.29 is 22.8 Å². The van der Waals surface area contributed by atoms with Crippen LogP contribution in [0.5, 0.6) is 0 Å². The van der Waals surface area contributed by atoms with Gasteiger partial charge in [0.1, 0.15) is 6.61 Å². The van der Waals surface area contributed by atoms with Crippen LogP contribution < -0.4 is 5.32 Å². The molecule has 29 heavy (non-hydrogen) atoms. The number of nitrogens with one attached hydrogen (secondary N) is 1. The number of nitrogens with zero attached hydrogens (tertiary/aromatic N) is 2. The van der Waals surface area contributed by atoms with Gasteiger partial charge in [-0.25, -0.2) is 0 Å². The summed E-state index contributed by atoms with van der Waals surface area (Å²) in [5.74, 6) is 0.521. The van der Waals surface area contributed by atoms with Crippen molar-refractivity contribution in [3.05, 3.63) is 35.4 Å². The average Bonchev–Trinajstić information content (AvgIpc) is 2.65. The maximum absolute atomic E-state index is 12.7. The molecule has 1 aromatic rings. The number of hydrogen-bond donors (Lipinski definition) is 1. The van der Waals surface area contributed by atoms with E-state index in [1.165, 1.54) is 6.07 Å². The molecule has 0 aromatic heterocycles. The highest BCUT2D eigenvalue weighted by Crippen LogP contribution is 2.29. The van der Waals surface area contributed by atoms with Crippen LogP contribution in [-0.4, -0.2) is 42.7 Å².